The number of hydrogen-bond acceptors (Lipinski definition) is 4. The summed E-state index contributed by atoms with van der Waals surface area (Å²) < 4.78 is 5.60. The smallest absolute Gasteiger partial charge is 0.141 e. The van der Waals surface area contributed by atoms with E-state index < -0.39 is 0 Å². The highest BCUT2D eigenvalue weighted by atomic mass is 16.5. The minimum atomic E-state index is 0.453. The Morgan fingerprint density at radius 2 is 2.07 bits per heavy atom. The fraction of sp³-hybridized carbons (Fsp3) is 0.636. The highest BCUT2D eigenvalue weighted by Crippen LogP contribution is 2.24. The summed E-state index contributed by atoms with van der Waals surface area (Å²) in [5.74, 6) is 1.21. The molecule has 1 heterocycles. The summed E-state index contributed by atoms with van der Waals surface area (Å²) in [7, 11) is 0. The number of nitrogen functional groups attached to an aromatic ring is 1. The fourth-order valence-corrected chi connectivity index (χ4v) is 1.95. The third-order valence-corrected chi connectivity index (χ3v) is 2.80. The number of nitrogens with two attached hydrogens (primary N) is 1. The largest absolute Gasteiger partial charge is 0.382 e. The van der Waals surface area contributed by atoms with E-state index in [1.165, 1.54) is 25.7 Å². The van der Waals surface area contributed by atoms with Gasteiger partial charge in [-0.3, -0.25) is 4.98 Å². The number of aromatic nitrogens is 2. The highest BCUT2D eigenvalue weighted by molar-refractivity contribution is 5.22. The van der Waals surface area contributed by atoms with Crippen LogP contribution in [0, 0.1) is 5.92 Å². The third-order valence-electron chi connectivity index (χ3n) is 2.80. The second-order valence-corrected chi connectivity index (χ2v) is 4.10. The quantitative estimate of drug-likeness (QED) is 0.817. The molecule has 0 amide bonds. The number of nitrogens with zero attached hydrogens (tertiary/aromatic N) is 2. The molecule has 0 aliphatic heterocycles. The summed E-state index contributed by atoms with van der Waals surface area (Å²) in [6, 6.07) is 0. The molecular formula is C11H17N3O. The minimum Gasteiger partial charge on any atom is -0.382 e. The van der Waals surface area contributed by atoms with Crippen molar-refractivity contribution in [3.8, 4) is 0 Å². The molecule has 0 spiro atoms. The van der Waals surface area contributed by atoms with Crippen molar-refractivity contribution in [3.05, 3.63) is 18.1 Å². The van der Waals surface area contributed by atoms with Crippen molar-refractivity contribution in [2.24, 2.45) is 5.92 Å². The van der Waals surface area contributed by atoms with Crippen molar-refractivity contribution in [2.45, 2.75) is 32.3 Å². The zero-order valence-electron chi connectivity index (χ0n) is 8.85. The molecular weight excluding hydrogens is 190 g/mol. The molecule has 2 rings (SSSR count). The van der Waals surface area contributed by atoms with E-state index >= 15 is 0 Å². The molecule has 0 radical (unpaired) electrons. The zero-order valence-corrected chi connectivity index (χ0v) is 8.85. The van der Waals surface area contributed by atoms with Gasteiger partial charge in [0.2, 0.25) is 0 Å². The topological polar surface area (TPSA) is 61.0 Å². The van der Waals surface area contributed by atoms with Crippen LogP contribution in [-0.4, -0.2) is 16.6 Å². The molecule has 0 bridgehead atoms. The Bertz CT molecular complexity index is 293. The van der Waals surface area contributed by atoms with Crippen LogP contribution in [0.15, 0.2) is 12.4 Å². The van der Waals surface area contributed by atoms with Crippen LogP contribution in [0.5, 0.6) is 0 Å². The average molecular weight is 207 g/mol. The molecule has 2 N–H and O–H groups in total. The molecule has 1 fully saturated rings. The molecule has 1 aromatic rings. The molecule has 4 nitrogen and oxygen atoms in total. The molecule has 1 aliphatic carbocycles. The molecule has 1 aliphatic rings. The van der Waals surface area contributed by atoms with Gasteiger partial charge in [0.1, 0.15) is 5.82 Å². The molecule has 0 atom stereocenters. The molecule has 1 saturated carbocycles. The Morgan fingerprint density at radius 3 is 2.73 bits per heavy atom. The van der Waals surface area contributed by atoms with Crippen LogP contribution in [0.3, 0.4) is 0 Å². The van der Waals surface area contributed by atoms with Gasteiger partial charge in [0.15, 0.2) is 0 Å². The lowest BCUT2D eigenvalue weighted by Gasteiger charge is -2.09. The van der Waals surface area contributed by atoms with Crippen LogP contribution >= 0.6 is 0 Å². The van der Waals surface area contributed by atoms with Crippen LogP contribution in [0.25, 0.3) is 0 Å². The van der Waals surface area contributed by atoms with Crippen LogP contribution in [0.4, 0.5) is 5.82 Å². The summed E-state index contributed by atoms with van der Waals surface area (Å²) in [4.78, 5) is 8.09. The van der Waals surface area contributed by atoms with E-state index in [0.717, 1.165) is 18.2 Å². The summed E-state index contributed by atoms with van der Waals surface area (Å²) >= 11 is 0. The second kappa shape index (κ2) is 5.07. The first kappa shape index (κ1) is 10.4. The molecule has 4 heteroatoms. The standard InChI is InChI=1S/C11H17N3O/c12-11-6-13-10(5-14-11)8-15-7-9-3-1-2-4-9/h5-6,9H,1-4,7-8H2,(H2,12,14). The molecule has 0 aromatic carbocycles. The van der Waals surface area contributed by atoms with Gasteiger partial charge < -0.3 is 10.5 Å². The maximum atomic E-state index is 5.60. The Labute approximate surface area is 89.9 Å². The van der Waals surface area contributed by atoms with E-state index in [9.17, 15) is 0 Å². The van der Waals surface area contributed by atoms with Crippen molar-refractivity contribution >= 4 is 5.82 Å². The van der Waals surface area contributed by atoms with E-state index in [-0.39, 0.29) is 0 Å². The predicted molar refractivity (Wildman–Crippen MR) is 58.1 cm³/mol. The molecule has 0 saturated heterocycles. The highest BCUT2D eigenvalue weighted by Gasteiger charge is 2.14. The Hall–Kier alpha value is -1.16. The van der Waals surface area contributed by atoms with Gasteiger partial charge in [0.05, 0.1) is 24.7 Å². The van der Waals surface area contributed by atoms with Crippen LogP contribution in [-0.2, 0) is 11.3 Å². The first-order valence-electron chi connectivity index (χ1n) is 5.49. The maximum Gasteiger partial charge on any atom is 0.141 e. The van der Waals surface area contributed by atoms with Gasteiger partial charge in [-0.15, -0.1) is 0 Å². The SMILES string of the molecule is Nc1cnc(COCC2CCCC2)cn1. The zero-order chi connectivity index (χ0) is 10.5. The van der Waals surface area contributed by atoms with Gasteiger partial charge >= 0.3 is 0 Å². The van der Waals surface area contributed by atoms with Crippen LogP contribution in [0.1, 0.15) is 31.4 Å². The first-order valence-corrected chi connectivity index (χ1v) is 5.49. The van der Waals surface area contributed by atoms with Crippen molar-refractivity contribution in [1.29, 1.82) is 0 Å². The van der Waals surface area contributed by atoms with Gasteiger partial charge in [-0.05, 0) is 18.8 Å². The van der Waals surface area contributed by atoms with Gasteiger partial charge in [0.25, 0.3) is 0 Å². The number of anilines is 1. The average Bonchev–Trinajstić information content (AvgIpc) is 2.74. The number of rotatable bonds is 4. The first-order chi connectivity index (χ1) is 7.34. The fourth-order valence-electron chi connectivity index (χ4n) is 1.95. The van der Waals surface area contributed by atoms with E-state index in [1.54, 1.807) is 12.4 Å². The van der Waals surface area contributed by atoms with Gasteiger partial charge in [-0.2, -0.15) is 0 Å². The Kier molecular flexibility index (Phi) is 3.50. The molecule has 15 heavy (non-hydrogen) atoms. The molecule has 1 aromatic heterocycles. The second-order valence-electron chi connectivity index (χ2n) is 4.10. The molecule has 82 valence electrons. The van der Waals surface area contributed by atoms with E-state index in [4.69, 9.17) is 10.5 Å². The summed E-state index contributed by atoms with van der Waals surface area (Å²) in [6.07, 6.45) is 8.57. The summed E-state index contributed by atoms with van der Waals surface area (Å²) in [5, 5.41) is 0. The van der Waals surface area contributed by atoms with Gasteiger partial charge in [-0.1, -0.05) is 12.8 Å². The lowest BCUT2D eigenvalue weighted by atomic mass is 10.1. The monoisotopic (exact) mass is 207 g/mol. The van der Waals surface area contributed by atoms with Crippen molar-refractivity contribution in [3.63, 3.8) is 0 Å². The van der Waals surface area contributed by atoms with E-state index in [1.807, 2.05) is 0 Å². The van der Waals surface area contributed by atoms with Crippen molar-refractivity contribution in [1.82, 2.24) is 9.97 Å². The van der Waals surface area contributed by atoms with Crippen LogP contribution in [0.2, 0.25) is 0 Å². The Morgan fingerprint density at radius 1 is 1.27 bits per heavy atom. The van der Waals surface area contributed by atoms with Gasteiger partial charge in [-0.25, -0.2) is 4.98 Å². The number of hydrogen-bond donors (Lipinski definition) is 1. The lowest BCUT2D eigenvalue weighted by Crippen LogP contribution is -2.06. The maximum absolute atomic E-state index is 5.60. The van der Waals surface area contributed by atoms with Crippen molar-refractivity contribution < 1.29 is 4.74 Å². The third kappa shape index (κ3) is 3.16. The summed E-state index contributed by atoms with van der Waals surface area (Å²) in [6.45, 7) is 1.40. The van der Waals surface area contributed by atoms with E-state index in [0.29, 0.717) is 12.4 Å². The van der Waals surface area contributed by atoms with Gasteiger partial charge in [0, 0.05) is 6.61 Å². The van der Waals surface area contributed by atoms with Crippen LogP contribution < -0.4 is 5.73 Å². The summed E-state index contributed by atoms with van der Waals surface area (Å²) in [5.41, 5.74) is 6.29. The lowest BCUT2D eigenvalue weighted by molar-refractivity contribution is 0.0865. The minimum absolute atomic E-state index is 0.453. The predicted octanol–water partition coefficient (Wildman–Crippen LogP) is 1.77. The normalized spacial score (nSPS) is 17.1. The Balaban J connectivity index is 1.71. The van der Waals surface area contributed by atoms with E-state index in [2.05, 4.69) is 9.97 Å². The molecule has 0 unspecified atom stereocenters. The number of ether oxygens (including phenoxy) is 1. The van der Waals surface area contributed by atoms with Crippen molar-refractivity contribution in [2.75, 3.05) is 12.3 Å².